The first kappa shape index (κ1) is 22.3. The average Bonchev–Trinajstić information content (AvgIpc) is 3.15. The van der Waals surface area contributed by atoms with Gasteiger partial charge >= 0.3 is 6.18 Å². The number of carbonyl (C=O) groups is 1. The molecule has 0 saturated carbocycles. The van der Waals surface area contributed by atoms with Gasteiger partial charge in [-0.15, -0.1) is 10.2 Å². The Labute approximate surface area is 178 Å². The Balaban J connectivity index is 1.74. The van der Waals surface area contributed by atoms with Gasteiger partial charge in [0.1, 0.15) is 0 Å². The molecule has 1 heterocycles. The molecule has 0 aliphatic heterocycles. The average molecular weight is 451 g/mol. The summed E-state index contributed by atoms with van der Waals surface area (Å²) < 4.78 is 41.6. The largest absolute Gasteiger partial charge is 0.418 e. The number of nitrogens with one attached hydrogen (secondary N) is 1. The number of anilines is 1. The number of hydrogen-bond donors (Lipinski definition) is 1. The topological polar surface area (TPSA) is 103 Å². The monoisotopic (exact) mass is 451 g/mol. The molecule has 162 valence electrons. The van der Waals surface area contributed by atoms with Gasteiger partial charge in [0.25, 0.3) is 5.69 Å². The van der Waals surface area contributed by atoms with Crippen LogP contribution in [0.15, 0.2) is 53.7 Å². The van der Waals surface area contributed by atoms with E-state index in [1.165, 1.54) is 0 Å². The molecule has 1 N–H and O–H groups in total. The Hall–Kier alpha value is -3.41. The SMILES string of the molecule is CCn1c(SCC(=O)Nc2ccc([N+](=O)[O-])cc2C(F)(F)F)nnc1-c1ccccc1. The maximum Gasteiger partial charge on any atom is 0.418 e. The summed E-state index contributed by atoms with van der Waals surface area (Å²) in [5.41, 5.74) is -1.72. The highest BCUT2D eigenvalue weighted by Gasteiger charge is 2.35. The molecule has 1 aromatic heterocycles. The lowest BCUT2D eigenvalue weighted by molar-refractivity contribution is -0.385. The number of thioether (sulfide) groups is 1. The van der Waals surface area contributed by atoms with Gasteiger partial charge in [0.2, 0.25) is 5.91 Å². The Kier molecular flexibility index (Phi) is 6.59. The van der Waals surface area contributed by atoms with E-state index in [0.717, 1.165) is 29.5 Å². The molecule has 3 rings (SSSR count). The fourth-order valence-corrected chi connectivity index (χ4v) is 3.59. The molecular formula is C19H16F3N5O3S. The zero-order valence-corrected chi connectivity index (χ0v) is 16.9. The Bertz CT molecular complexity index is 1100. The summed E-state index contributed by atoms with van der Waals surface area (Å²) in [4.78, 5) is 22.1. The van der Waals surface area contributed by atoms with Crippen LogP contribution in [-0.2, 0) is 17.5 Å². The first-order valence-electron chi connectivity index (χ1n) is 8.97. The fourth-order valence-electron chi connectivity index (χ4n) is 2.79. The van der Waals surface area contributed by atoms with Gasteiger partial charge in [-0.25, -0.2) is 0 Å². The van der Waals surface area contributed by atoms with Crippen LogP contribution < -0.4 is 5.32 Å². The van der Waals surface area contributed by atoms with Crippen LogP contribution in [0.25, 0.3) is 11.4 Å². The predicted octanol–water partition coefficient (Wildman–Crippen LogP) is 4.62. The van der Waals surface area contributed by atoms with Gasteiger partial charge < -0.3 is 9.88 Å². The number of aromatic nitrogens is 3. The maximum atomic E-state index is 13.3. The quantitative estimate of drug-likeness (QED) is 0.319. The zero-order chi connectivity index (χ0) is 22.6. The standard InChI is InChI=1S/C19H16F3N5O3S/c1-2-26-17(12-6-4-3-5-7-12)24-25-18(26)31-11-16(28)23-15-9-8-13(27(29)30)10-14(15)19(20,21)22/h3-10H,2,11H2,1H3,(H,23,28). The van der Waals surface area contributed by atoms with Crippen LogP contribution in [0.2, 0.25) is 0 Å². The van der Waals surface area contributed by atoms with E-state index >= 15 is 0 Å². The van der Waals surface area contributed by atoms with Crippen LogP contribution in [0.3, 0.4) is 0 Å². The summed E-state index contributed by atoms with van der Waals surface area (Å²) >= 11 is 1.02. The number of nitro groups is 1. The van der Waals surface area contributed by atoms with Gasteiger partial charge in [-0.2, -0.15) is 13.2 Å². The van der Waals surface area contributed by atoms with E-state index in [-0.39, 0.29) is 5.75 Å². The van der Waals surface area contributed by atoms with E-state index in [1.807, 2.05) is 37.3 Å². The number of halogens is 3. The van der Waals surface area contributed by atoms with Crippen molar-refractivity contribution in [2.75, 3.05) is 11.1 Å². The summed E-state index contributed by atoms with van der Waals surface area (Å²) in [7, 11) is 0. The summed E-state index contributed by atoms with van der Waals surface area (Å²) in [6.45, 7) is 2.41. The lowest BCUT2D eigenvalue weighted by Crippen LogP contribution is -2.18. The summed E-state index contributed by atoms with van der Waals surface area (Å²) in [6.07, 6.45) is -4.87. The lowest BCUT2D eigenvalue weighted by atomic mass is 10.1. The van der Waals surface area contributed by atoms with Crippen molar-refractivity contribution < 1.29 is 22.9 Å². The highest BCUT2D eigenvalue weighted by molar-refractivity contribution is 7.99. The minimum absolute atomic E-state index is 0.221. The molecule has 0 bridgehead atoms. The second-order valence-electron chi connectivity index (χ2n) is 6.24. The predicted molar refractivity (Wildman–Crippen MR) is 109 cm³/mol. The lowest BCUT2D eigenvalue weighted by Gasteiger charge is -2.13. The molecule has 0 atom stereocenters. The summed E-state index contributed by atoms with van der Waals surface area (Å²) in [6, 6.07) is 11.5. The minimum atomic E-state index is -4.87. The van der Waals surface area contributed by atoms with E-state index in [2.05, 4.69) is 15.5 Å². The number of nitro benzene ring substituents is 1. The van der Waals surface area contributed by atoms with Crippen molar-refractivity contribution in [2.24, 2.45) is 0 Å². The molecule has 8 nitrogen and oxygen atoms in total. The van der Waals surface area contributed by atoms with E-state index in [0.29, 0.717) is 23.6 Å². The highest BCUT2D eigenvalue weighted by atomic mass is 32.2. The molecule has 0 saturated heterocycles. The number of hydrogen-bond acceptors (Lipinski definition) is 6. The van der Waals surface area contributed by atoms with E-state index < -0.39 is 33.9 Å². The van der Waals surface area contributed by atoms with Crippen LogP contribution in [0, 0.1) is 10.1 Å². The molecule has 0 unspecified atom stereocenters. The number of amides is 1. The second-order valence-corrected chi connectivity index (χ2v) is 7.18. The molecule has 1 amide bonds. The van der Waals surface area contributed by atoms with Crippen LogP contribution >= 0.6 is 11.8 Å². The highest BCUT2D eigenvalue weighted by Crippen LogP contribution is 2.37. The van der Waals surface area contributed by atoms with Gasteiger partial charge in [0, 0.05) is 24.2 Å². The van der Waals surface area contributed by atoms with Crippen molar-refractivity contribution in [1.82, 2.24) is 14.8 Å². The summed E-state index contributed by atoms with van der Waals surface area (Å²) in [5, 5.41) is 21.6. The van der Waals surface area contributed by atoms with Crippen molar-refractivity contribution in [3.05, 3.63) is 64.2 Å². The molecule has 31 heavy (non-hydrogen) atoms. The fraction of sp³-hybridized carbons (Fsp3) is 0.211. The molecule has 12 heteroatoms. The third-order valence-electron chi connectivity index (χ3n) is 4.19. The Morgan fingerprint density at radius 3 is 2.52 bits per heavy atom. The molecule has 0 aliphatic rings. The number of rotatable bonds is 7. The van der Waals surface area contributed by atoms with Crippen molar-refractivity contribution in [3.8, 4) is 11.4 Å². The molecule has 0 radical (unpaired) electrons. The van der Waals surface area contributed by atoms with E-state index in [4.69, 9.17) is 0 Å². The number of benzene rings is 2. The van der Waals surface area contributed by atoms with Crippen molar-refractivity contribution >= 4 is 29.0 Å². The number of carbonyl (C=O) groups excluding carboxylic acids is 1. The van der Waals surface area contributed by atoms with Crippen LogP contribution in [0.1, 0.15) is 12.5 Å². The number of non-ortho nitro benzene ring substituents is 1. The van der Waals surface area contributed by atoms with Gasteiger partial charge in [0.05, 0.1) is 21.9 Å². The van der Waals surface area contributed by atoms with Gasteiger partial charge in [0.15, 0.2) is 11.0 Å². The molecular weight excluding hydrogens is 435 g/mol. The molecule has 2 aromatic carbocycles. The minimum Gasteiger partial charge on any atom is -0.325 e. The van der Waals surface area contributed by atoms with Crippen molar-refractivity contribution in [1.29, 1.82) is 0 Å². The van der Waals surface area contributed by atoms with Crippen LogP contribution in [-0.4, -0.2) is 31.3 Å². The van der Waals surface area contributed by atoms with Crippen molar-refractivity contribution in [3.63, 3.8) is 0 Å². The van der Waals surface area contributed by atoms with E-state index in [1.54, 1.807) is 4.57 Å². The number of nitrogens with zero attached hydrogens (tertiary/aromatic N) is 4. The molecule has 0 aliphatic carbocycles. The third kappa shape index (κ3) is 5.20. The molecule has 0 spiro atoms. The Morgan fingerprint density at radius 1 is 1.19 bits per heavy atom. The van der Waals surface area contributed by atoms with Crippen molar-refractivity contribution in [2.45, 2.75) is 24.8 Å². The van der Waals surface area contributed by atoms with Crippen LogP contribution in [0.5, 0.6) is 0 Å². The van der Waals surface area contributed by atoms with Gasteiger partial charge in [-0.3, -0.25) is 14.9 Å². The first-order chi connectivity index (χ1) is 14.7. The van der Waals surface area contributed by atoms with E-state index in [9.17, 15) is 28.1 Å². The van der Waals surface area contributed by atoms with Gasteiger partial charge in [-0.05, 0) is 13.0 Å². The summed E-state index contributed by atoms with van der Waals surface area (Å²) in [5.74, 6) is -0.321. The number of alkyl halides is 3. The normalized spacial score (nSPS) is 11.4. The maximum absolute atomic E-state index is 13.3. The van der Waals surface area contributed by atoms with Gasteiger partial charge in [-0.1, -0.05) is 42.1 Å². The second kappa shape index (κ2) is 9.16. The third-order valence-corrected chi connectivity index (χ3v) is 5.16. The Morgan fingerprint density at radius 2 is 1.90 bits per heavy atom. The molecule has 0 fully saturated rings. The first-order valence-corrected chi connectivity index (χ1v) is 9.96. The zero-order valence-electron chi connectivity index (χ0n) is 16.1. The molecule has 3 aromatic rings. The smallest absolute Gasteiger partial charge is 0.325 e. The van der Waals surface area contributed by atoms with Crippen LogP contribution in [0.4, 0.5) is 24.5 Å².